The fourth-order valence-electron chi connectivity index (χ4n) is 3.05. The van der Waals surface area contributed by atoms with Crippen LogP contribution < -0.4 is 0 Å². The van der Waals surface area contributed by atoms with Crippen molar-refractivity contribution in [3.05, 3.63) is 0 Å². The van der Waals surface area contributed by atoms with Gasteiger partial charge < -0.3 is 0 Å². The number of hydrogen-bond donors (Lipinski definition) is 0. The Morgan fingerprint density at radius 2 is 1.41 bits per heavy atom. The van der Waals surface area contributed by atoms with E-state index in [1.165, 1.54) is 0 Å². The molecule has 0 amide bonds. The number of hydrogen-bond acceptors (Lipinski definition) is 1. The molecule has 0 saturated heterocycles. The minimum Gasteiger partial charge on any atom is -0.285 e. The van der Waals surface area contributed by atoms with Crippen molar-refractivity contribution < 1.29 is 4.79 Å². The summed E-state index contributed by atoms with van der Waals surface area (Å²) in [7, 11) is -1.69. The van der Waals surface area contributed by atoms with Gasteiger partial charge in [0.25, 0.3) is 0 Å². The van der Waals surface area contributed by atoms with E-state index in [1.807, 2.05) is 0 Å². The molecule has 96 valence electrons. The van der Waals surface area contributed by atoms with Gasteiger partial charge in [0.1, 0.15) is 8.07 Å². The van der Waals surface area contributed by atoms with Crippen LogP contribution in [0.4, 0.5) is 0 Å². The second-order valence-electron chi connectivity index (χ2n) is 6.29. The molecule has 0 heterocycles. The molecule has 0 radical (unpaired) electrons. The number of ketones is 1. The normalized spacial score (nSPS) is 16.3. The van der Waals surface area contributed by atoms with Crippen LogP contribution in [0.15, 0.2) is 0 Å². The van der Waals surface area contributed by atoms with E-state index in [9.17, 15) is 4.79 Å². The molecule has 0 atom stereocenters. The standard InChI is InChI=1S/C15H26OSi/c1-11(2)17(12(3)4,13(5)6)10-9-15(16)14-7-8-14/h11-14H,7-8H2,1-6H3. The number of rotatable bonds is 4. The zero-order chi connectivity index (χ0) is 13.2. The second kappa shape index (κ2) is 5.39. The first kappa shape index (κ1) is 14.5. The van der Waals surface area contributed by atoms with Crippen molar-refractivity contribution in [2.45, 2.75) is 71.0 Å². The lowest BCUT2D eigenvalue weighted by Gasteiger charge is -2.37. The molecule has 1 nitrogen and oxygen atoms in total. The Morgan fingerprint density at radius 1 is 1.00 bits per heavy atom. The van der Waals surface area contributed by atoms with Crippen LogP contribution in [0.1, 0.15) is 54.4 Å². The summed E-state index contributed by atoms with van der Waals surface area (Å²) in [6.45, 7) is 13.7. The Labute approximate surface area is 107 Å². The van der Waals surface area contributed by atoms with Gasteiger partial charge in [-0.25, -0.2) is 0 Å². The Morgan fingerprint density at radius 3 is 1.71 bits per heavy atom. The largest absolute Gasteiger partial charge is 0.285 e. The van der Waals surface area contributed by atoms with Crippen molar-refractivity contribution >= 4 is 13.9 Å². The highest BCUT2D eigenvalue weighted by molar-refractivity contribution is 6.90. The van der Waals surface area contributed by atoms with Crippen LogP contribution >= 0.6 is 0 Å². The lowest BCUT2D eigenvalue weighted by atomic mass is 10.3. The van der Waals surface area contributed by atoms with Gasteiger partial charge in [0, 0.05) is 5.92 Å². The minimum absolute atomic E-state index is 0.198. The van der Waals surface area contributed by atoms with Crippen molar-refractivity contribution in [2.24, 2.45) is 5.92 Å². The van der Waals surface area contributed by atoms with E-state index in [-0.39, 0.29) is 11.7 Å². The average molecular weight is 250 g/mol. The van der Waals surface area contributed by atoms with Crippen LogP contribution in [0.3, 0.4) is 0 Å². The third-order valence-electron chi connectivity index (χ3n) is 4.22. The first-order chi connectivity index (χ1) is 7.82. The fourth-order valence-corrected chi connectivity index (χ4v) is 8.26. The van der Waals surface area contributed by atoms with Crippen molar-refractivity contribution in [1.29, 1.82) is 0 Å². The highest BCUT2D eigenvalue weighted by Crippen LogP contribution is 2.40. The summed E-state index contributed by atoms with van der Waals surface area (Å²) in [5.41, 5.74) is 5.33. The summed E-state index contributed by atoms with van der Waals surface area (Å²) in [5, 5.41) is 0. The molecular weight excluding hydrogens is 224 g/mol. The lowest BCUT2D eigenvalue weighted by Crippen LogP contribution is -2.43. The quantitative estimate of drug-likeness (QED) is 0.540. The maximum Gasteiger partial charge on any atom is 0.207 e. The topological polar surface area (TPSA) is 17.1 Å². The van der Waals surface area contributed by atoms with Crippen LogP contribution in [-0.2, 0) is 4.79 Å². The van der Waals surface area contributed by atoms with Gasteiger partial charge >= 0.3 is 0 Å². The molecule has 0 aromatic carbocycles. The van der Waals surface area contributed by atoms with Gasteiger partial charge in [0.05, 0.1) is 0 Å². The smallest absolute Gasteiger partial charge is 0.207 e. The van der Waals surface area contributed by atoms with E-state index in [0.29, 0.717) is 16.6 Å². The van der Waals surface area contributed by atoms with E-state index in [0.717, 1.165) is 12.8 Å². The molecule has 0 aromatic rings. The minimum atomic E-state index is -1.69. The van der Waals surface area contributed by atoms with Crippen LogP contribution in [-0.4, -0.2) is 13.9 Å². The molecule has 1 rings (SSSR count). The van der Waals surface area contributed by atoms with Crippen LogP contribution in [0.5, 0.6) is 0 Å². The molecule has 0 unspecified atom stereocenters. The Bertz CT molecular complexity index is 318. The van der Waals surface area contributed by atoms with Gasteiger partial charge in [-0.3, -0.25) is 4.79 Å². The van der Waals surface area contributed by atoms with Gasteiger partial charge in [-0.15, -0.1) is 5.54 Å². The maximum atomic E-state index is 11.8. The monoisotopic (exact) mass is 250 g/mol. The van der Waals surface area contributed by atoms with E-state index >= 15 is 0 Å². The first-order valence-electron chi connectivity index (χ1n) is 6.89. The molecule has 1 aliphatic rings. The highest BCUT2D eigenvalue weighted by Gasteiger charge is 2.42. The van der Waals surface area contributed by atoms with E-state index in [2.05, 4.69) is 53.0 Å². The predicted molar refractivity (Wildman–Crippen MR) is 76.6 cm³/mol. The van der Waals surface area contributed by atoms with Crippen LogP contribution in [0.2, 0.25) is 16.6 Å². The summed E-state index contributed by atoms with van der Waals surface area (Å²) in [6, 6.07) is 0. The number of carbonyl (C=O) groups excluding carboxylic acids is 1. The van der Waals surface area contributed by atoms with Crippen molar-refractivity contribution in [3.63, 3.8) is 0 Å². The zero-order valence-electron chi connectivity index (χ0n) is 12.1. The molecule has 0 spiro atoms. The maximum absolute atomic E-state index is 11.8. The molecule has 1 fully saturated rings. The SMILES string of the molecule is CC(C)[Si](C#CC(=O)C1CC1)(C(C)C)C(C)C. The van der Waals surface area contributed by atoms with Gasteiger partial charge in [0.15, 0.2) is 0 Å². The van der Waals surface area contributed by atoms with E-state index in [4.69, 9.17) is 0 Å². The first-order valence-corrected chi connectivity index (χ1v) is 9.12. The molecule has 0 bridgehead atoms. The molecule has 0 aromatic heterocycles. The summed E-state index contributed by atoms with van der Waals surface area (Å²) >= 11 is 0. The van der Waals surface area contributed by atoms with Crippen LogP contribution in [0.25, 0.3) is 0 Å². The average Bonchev–Trinajstić information content (AvgIpc) is 2.99. The third kappa shape index (κ3) is 3.01. The molecular formula is C15H26OSi. The van der Waals surface area contributed by atoms with E-state index < -0.39 is 8.07 Å². The molecule has 0 N–H and O–H groups in total. The van der Waals surface area contributed by atoms with Crippen molar-refractivity contribution in [3.8, 4) is 11.5 Å². The summed E-state index contributed by atoms with van der Waals surface area (Å²) in [6.07, 6.45) is 2.13. The lowest BCUT2D eigenvalue weighted by molar-refractivity contribution is -0.114. The molecule has 1 aliphatic carbocycles. The van der Waals surface area contributed by atoms with Gasteiger partial charge in [-0.2, -0.15) is 0 Å². The summed E-state index contributed by atoms with van der Waals surface area (Å²) in [5.74, 6) is 3.48. The van der Waals surface area contributed by atoms with Gasteiger partial charge in [0.2, 0.25) is 5.78 Å². The van der Waals surface area contributed by atoms with Crippen molar-refractivity contribution in [1.82, 2.24) is 0 Å². The molecule has 17 heavy (non-hydrogen) atoms. The van der Waals surface area contributed by atoms with Gasteiger partial charge in [-0.05, 0) is 35.4 Å². The molecule has 2 heteroatoms. The van der Waals surface area contributed by atoms with Gasteiger partial charge in [-0.1, -0.05) is 41.5 Å². The molecule has 0 aliphatic heterocycles. The van der Waals surface area contributed by atoms with E-state index in [1.54, 1.807) is 0 Å². The number of Topliss-reactive ketones (excluding diaryl/α,β-unsaturated/α-hetero) is 1. The predicted octanol–water partition coefficient (Wildman–Crippen LogP) is 4.19. The number of carbonyl (C=O) groups is 1. The highest BCUT2D eigenvalue weighted by atomic mass is 28.3. The van der Waals surface area contributed by atoms with Crippen molar-refractivity contribution in [2.75, 3.05) is 0 Å². The Hall–Kier alpha value is -0.553. The summed E-state index contributed by atoms with van der Waals surface area (Å²) < 4.78 is 0. The third-order valence-corrected chi connectivity index (χ3v) is 10.5. The summed E-state index contributed by atoms with van der Waals surface area (Å²) in [4.78, 5) is 11.8. The van der Waals surface area contributed by atoms with Crippen LogP contribution in [0, 0.1) is 17.4 Å². The Balaban J connectivity index is 3.00. The second-order valence-corrected chi connectivity index (χ2v) is 11.9. The molecule has 1 saturated carbocycles. The Kier molecular flexibility index (Phi) is 4.60. The zero-order valence-corrected chi connectivity index (χ0v) is 13.1. The fraction of sp³-hybridized carbons (Fsp3) is 0.800.